The molecule has 7 rings (SSSR count). The van der Waals surface area contributed by atoms with Crippen LogP contribution in [0.5, 0.6) is 11.5 Å². The van der Waals surface area contributed by atoms with Crippen molar-refractivity contribution in [2.75, 3.05) is 50.1 Å². The number of esters is 1. The van der Waals surface area contributed by atoms with Crippen LogP contribution in [-0.2, 0) is 23.8 Å². The number of hydrogen-bond donors (Lipinski definition) is 5. The summed E-state index contributed by atoms with van der Waals surface area (Å²) < 4.78 is 30.5. The number of aromatic hydroxyl groups is 1. The fourth-order valence-electron chi connectivity index (χ4n) is 9.76. The molecule has 3 aliphatic heterocycles. The summed E-state index contributed by atoms with van der Waals surface area (Å²) in [4.78, 5) is 64.7. The number of carbonyl (C=O) groups excluding carboxylic acids is 2. The number of fused-ring (bicyclic) bond motifs is 2. The van der Waals surface area contributed by atoms with E-state index in [1.807, 2.05) is 0 Å². The van der Waals surface area contributed by atoms with Crippen molar-refractivity contribution in [3.05, 3.63) is 79.5 Å². The summed E-state index contributed by atoms with van der Waals surface area (Å²) in [5, 5.41) is 49.3. The van der Waals surface area contributed by atoms with Crippen LogP contribution in [0.15, 0.2) is 62.3 Å². The molecule has 4 aromatic rings. The zero-order chi connectivity index (χ0) is 49.7. The predicted octanol–water partition coefficient (Wildman–Crippen LogP) is 5.34. The third-order valence-corrected chi connectivity index (χ3v) is 13.8. The minimum Gasteiger partial charge on any atom is -0.507 e. The number of ether oxygens (including phenoxy) is 4. The number of hydrogen-bond acceptors (Lipinski definition) is 16. The van der Waals surface area contributed by atoms with Crippen LogP contribution in [0.3, 0.4) is 0 Å². The monoisotopic (exact) mass is 940 g/mol. The minimum absolute atomic E-state index is 0.0390. The number of rotatable bonds is 5. The first-order valence-corrected chi connectivity index (χ1v) is 23.2. The molecule has 1 saturated heterocycles. The number of phenolic OH excluding ortho intramolecular Hbond substituents is 1. The molecule has 5 N–H and O–H groups in total. The number of aliphatic hydroxyl groups excluding tert-OH is 3. The first kappa shape index (κ1) is 49.9. The third-order valence-electron chi connectivity index (χ3n) is 13.8. The van der Waals surface area contributed by atoms with Crippen LogP contribution in [0.4, 0.5) is 11.4 Å². The topological polar surface area (TPSA) is 231 Å². The van der Waals surface area contributed by atoms with Crippen molar-refractivity contribution in [1.29, 1.82) is 0 Å². The van der Waals surface area contributed by atoms with Gasteiger partial charge in [0, 0.05) is 112 Å². The Morgan fingerprint density at radius 1 is 0.956 bits per heavy atom. The zero-order valence-corrected chi connectivity index (χ0v) is 40.6. The average molecular weight is 941 g/mol. The molecule has 3 aliphatic rings. The number of aromatic nitrogens is 1. The molecule has 0 radical (unpaired) electrons. The van der Waals surface area contributed by atoms with Gasteiger partial charge in [0.15, 0.2) is 22.4 Å². The highest BCUT2D eigenvalue weighted by Crippen LogP contribution is 2.42. The summed E-state index contributed by atoms with van der Waals surface area (Å²) in [5.41, 5.74) is -1.35. The van der Waals surface area contributed by atoms with Crippen molar-refractivity contribution in [3.8, 4) is 11.5 Å². The van der Waals surface area contributed by atoms with Crippen LogP contribution >= 0.6 is 0 Å². The molecule has 4 heterocycles. The largest absolute Gasteiger partial charge is 0.507 e. The second kappa shape index (κ2) is 19.5. The lowest BCUT2D eigenvalue weighted by atomic mass is 9.78. The van der Waals surface area contributed by atoms with Crippen molar-refractivity contribution in [1.82, 2.24) is 9.88 Å². The van der Waals surface area contributed by atoms with E-state index in [1.165, 1.54) is 59.3 Å². The van der Waals surface area contributed by atoms with Gasteiger partial charge in [-0.15, -0.1) is 0 Å². The molecule has 17 nitrogen and oxygen atoms in total. The van der Waals surface area contributed by atoms with Gasteiger partial charge in [0.1, 0.15) is 28.8 Å². The second-order valence-electron chi connectivity index (χ2n) is 19.2. The van der Waals surface area contributed by atoms with E-state index in [-0.39, 0.29) is 60.8 Å². The third kappa shape index (κ3) is 9.28. The quantitative estimate of drug-likeness (QED) is 0.0966. The van der Waals surface area contributed by atoms with Gasteiger partial charge in [-0.1, -0.05) is 59.8 Å². The Bertz CT molecular complexity index is 2900. The number of aliphatic hydroxyl groups is 3. The van der Waals surface area contributed by atoms with E-state index in [2.05, 4.69) is 29.0 Å². The lowest BCUT2D eigenvalue weighted by molar-refractivity contribution is -0.160. The number of phenols is 1. The molecule has 17 heteroatoms. The molecule has 9 atom stereocenters. The number of anilines is 2. The summed E-state index contributed by atoms with van der Waals surface area (Å²) >= 11 is 0. The number of amides is 1. The van der Waals surface area contributed by atoms with E-state index in [1.54, 1.807) is 45.9 Å². The predicted molar refractivity (Wildman–Crippen MR) is 259 cm³/mol. The molecule has 366 valence electrons. The Hall–Kier alpha value is -6.01. The lowest BCUT2D eigenvalue weighted by Crippen LogP contribution is -2.47. The molecule has 0 spiro atoms. The molecule has 3 aromatic carbocycles. The van der Waals surface area contributed by atoms with Gasteiger partial charge in [0.2, 0.25) is 10.9 Å². The van der Waals surface area contributed by atoms with E-state index >= 15 is 0 Å². The minimum atomic E-state index is -1.98. The molecule has 1 fully saturated rings. The molecule has 4 bridgehead atoms. The van der Waals surface area contributed by atoms with E-state index < -0.39 is 88.1 Å². The standard InChI is InChI=1S/C51H64N4O13/c1-24(2)23-54-16-18-55(19-17-54)32-21-33(57)39-35(22-32)67-48-40(52-39)36-37-44(60)30(8)47-38(36)49(62)51(10,68-47)65-20-15-34(64-11)27(5)46(66-31(9)56)29(7)43(59)28(6)42(58)25(3)13-12-14-26(4)50(63)53-41(48)45(37)61/h12-15,20-22,24-25,27-29,34,42-43,46,58-60,62H,16-19,23H2,1-11H3,(H,53,63)/b13-12-,20-15-,26-14-/t25-,27+,28+,29+,34-,42-,43+,46+,51-/m0/s1. The van der Waals surface area contributed by atoms with Gasteiger partial charge in [-0.3, -0.25) is 24.1 Å². The fourth-order valence-corrected chi connectivity index (χ4v) is 9.76. The number of nitrogens with one attached hydrogen (secondary N) is 1. The number of benzene rings is 3. The normalized spacial score (nSPS) is 29.5. The van der Waals surface area contributed by atoms with E-state index in [4.69, 9.17) is 28.3 Å². The van der Waals surface area contributed by atoms with Crippen molar-refractivity contribution in [3.63, 3.8) is 0 Å². The highest BCUT2D eigenvalue weighted by atomic mass is 16.7. The lowest BCUT2D eigenvalue weighted by Gasteiger charge is -2.38. The van der Waals surface area contributed by atoms with E-state index in [0.717, 1.165) is 19.6 Å². The van der Waals surface area contributed by atoms with Gasteiger partial charge in [-0.2, -0.15) is 0 Å². The molecule has 1 aromatic heterocycles. The second-order valence-corrected chi connectivity index (χ2v) is 19.2. The maximum atomic E-state index is 14.9. The smallest absolute Gasteiger partial charge is 0.307 e. The van der Waals surface area contributed by atoms with Crippen molar-refractivity contribution >= 4 is 62.0 Å². The number of piperazine rings is 1. The fraction of sp³-hybridized carbons (Fsp3) is 0.510. The van der Waals surface area contributed by atoms with Crippen LogP contribution in [0.25, 0.3) is 38.7 Å². The summed E-state index contributed by atoms with van der Waals surface area (Å²) in [6.07, 6.45) is 3.57. The Labute approximate surface area is 394 Å². The van der Waals surface area contributed by atoms with Crippen LogP contribution in [0.2, 0.25) is 0 Å². The molecule has 0 aliphatic carbocycles. The van der Waals surface area contributed by atoms with Crippen molar-refractivity contribution < 1.29 is 53.4 Å². The first-order chi connectivity index (χ1) is 32.1. The Kier molecular flexibility index (Phi) is 14.3. The SMILES string of the molecule is CO[C@H]1/C=C\O[C@@]2(C)Oc3c(C)c(O)c4c(=O)c(c5oc6cc(N7CCN(CC(C)C)CC7)cc(=O)c6nc5c4c3=C2O)NC(=O)/C(C)=C\C=C/[C@H](C)[C@H](O)[C@@H](C)[C@@H](O)[C@@H](C)[C@H](OC(C)=O)[C@@H]1C. The molecular weight excluding hydrogens is 877 g/mol. The number of carbonyl (C=O) groups is 2. The van der Waals surface area contributed by atoms with Crippen molar-refractivity contribution in [2.45, 2.75) is 99.4 Å². The van der Waals surface area contributed by atoms with E-state index in [9.17, 15) is 39.6 Å². The van der Waals surface area contributed by atoms with Crippen LogP contribution in [0.1, 0.15) is 67.9 Å². The number of nitrogens with zero attached hydrogens (tertiary/aromatic N) is 3. The van der Waals surface area contributed by atoms with Gasteiger partial charge in [0.05, 0.1) is 35.2 Å². The zero-order valence-electron chi connectivity index (χ0n) is 40.6. The van der Waals surface area contributed by atoms with Gasteiger partial charge in [-0.25, -0.2) is 4.98 Å². The highest BCUT2D eigenvalue weighted by molar-refractivity contribution is 6.16. The summed E-state index contributed by atoms with van der Waals surface area (Å²) in [6.45, 7) is 20.8. The molecule has 1 amide bonds. The summed E-state index contributed by atoms with van der Waals surface area (Å²) in [5.74, 6) is -6.43. The summed E-state index contributed by atoms with van der Waals surface area (Å²) in [7, 11) is 1.45. The number of methoxy groups -OCH3 is 1. The maximum Gasteiger partial charge on any atom is 0.307 e. The van der Waals surface area contributed by atoms with Crippen LogP contribution < -0.4 is 31.0 Å². The average Bonchev–Trinajstić information content (AvgIpc) is 3.56. The van der Waals surface area contributed by atoms with Crippen LogP contribution in [-0.4, -0.2) is 112 Å². The Morgan fingerprint density at radius 3 is 2.29 bits per heavy atom. The van der Waals surface area contributed by atoms with Gasteiger partial charge < -0.3 is 54.0 Å². The molecule has 68 heavy (non-hydrogen) atoms. The Morgan fingerprint density at radius 2 is 1.65 bits per heavy atom. The molecular formula is C51H64N4O13. The van der Waals surface area contributed by atoms with Crippen LogP contribution in [0, 0.1) is 36.5 Å². The van der Waals surface area contributed by atoms with E-state index in [0.29, 0.717) is 24.7 Å². The summed E-state index contributed by atoms with van der Waals surface area (Å²) in [6, 6.07) is 3.16. The van der Waals surface area contributed by atoms with Gasteiger partial charge >= 0.3 is 11.8 Å². The van der Waals surface area contributed by atoms with Gasteiger partial charge in [0.25, 0.3) is 5.91 Å². The molecule has 0 unspecified atom stereocenters. The Balaban J connectivity index is 1.46. The maximum absolute atomic E-state index is 14.9. The first-order valence-electron chi connectivity index (χ1n) is 23.2. The molecule has 0 saturated carbocycles. The van der Waals surface area contributed by atoms with Crippen molar-refractivity contribution in [2.24, 2.45) is 29.6 Å². The number of allylic oxidation sites excluding steroid dienone is 2. The highest BCUT2D eigenvalue weighted by Gasteiger charge is 2.44. The van der Waals surface area contributed by atoms with Gasteiger partial charge in [-0.05, 0) is 25.8 Å².